The Bertz CT molecular complexity index is 1270. The van der Waals surface area contributed by atoms with Gasteiger partial charge in [-0.05, 0) is 82.1 Å². The van der Waals surface area contributed by atoms with E-state index in [9.17, 15) is 18.5 Å². The minimum absolute atomic E-state index is 0.117. The van der Waals surface area contributed by atoms with Crippen LogP contribution in [0.15, 0.2) is 47.4 Å². The molecule has 0 bridgehead atoms. The van der Waals surface area contributed by atoms with E-state index in [0.29, 0.717) is 24.7 Å². The average Bonchev–Trinajstić information content (AvgIpc) is 2.89. The predicted molar refractivity (Wildman–Crippen MR) is 148 cm³/mol. The summed E-state index contributed by atoms with van der Waals surface area (Å²) in [4.78, 5) is 15.1. The van der Waals surface area contributed by atoms with Crippen molar-refractivity contribution in [2.45, 2.75) is 63.2 Å². The number of sulfonamides is 1. The van der Waals surface area contributed by atoms with Gasteiger partial charge in [0.2, 0.25) is 15.9 Å². The van der Waals surface area contributed by atoms with Gasteiger partial charge in [0, 0.05) is 43.4 Å². The van der Waals surface area contributed by atoms with E-state index >= 15 is 0 Å². The van der Waals surface area contributed by atoms with Gasteiger partial charge in [0.1, 0.15) is 0 Å². The van der Waals surface area contributed by atoms with Crippen molar-refractivity contribution < 1.29 is 13.2 Å². The van der Waals surface area contributed by atoms with E-state index in [1.807, 2.05) is 43.9 Å². The quantitative estimate of drug-likeness (QED) is 0.473. The maximum atomic E-state index is 13.4. The molecule has 1 amide bonds. The second kappa shape index (κ2) is 12.4. The fraction of sp³-hybridized carbons (Fsp3) is 0.500. The number of nitrogens with zero attached hydrogens (tertiary/aromatic N) is 3. The first-order chi connectivity index (χ1) is 18.2. The largest absolute Gasteiger partial charge is 0.325 e. The van der Waals surface area contributed by atoms with Crippen molar-refractivity contribution in [2.24, 2.45) is 0 Å². The Labute approximate surface area is 226 Å². The van der Waals surface area contributed by atoms with Crippen LogP contribution < -0.4 is 16.0 Å². The number of nitrogens with one attached hydrogen (secondary N) is 3. The summed E-state index contributed by atoms with van der Waals surface area (Å²) < 4.78 is 28.3. The average molecular weight is 539 g/mol. The van der Waals surface area contributed by atoms with Crippen LogP contribution in [0.25, 0.3) is 0 Å². The Morgan fingerprint density at radius 3 is 2.47 bits per heavy atom. The fourth-order valence-corrected chi connectivity index (χ4v) is 7.40. The molecule has 0 radical (unpaired) electrons. The number of carbonyl (C=O) groups excluding carboxylic acids is 1. The van der Waals surface area contributed by atoms with E-state index in [2.05, 4.69) is 22.0 Å². The Morgan fingerprint density at radius 2 is 1.79 bits per heavy atom. The third-order valence-electron chi connectivity index (χ3n) is 7.46. The summed E-state index contributed by atoms with van der Waals surface area (Å²) in [6, 6.07) is 13.9. The Balaban J connectivity index is 1.36. The first-order valence-corrected chi connectivity index (χ1v) is 14.7. The summed E-state index contributed by atoms with van der Waals surface area (Å²) in [7, 11) is -3.77. The first kappa shape index (κ1) is 28.2. The second-order valence-corrected chi connectivity index (χ2v) is 12.3. The molecule has 2 heterocycles. The lowest BCUT2D eigenvalue weighted by atomic mass is 10.0. The minimum atomic E-state index is -3.77. The van der Waals surface area contributed by atoms with Crippen LogP contribution in [-0.2, 0) is 21.4 Å². The number of hydrogen-bond donors (Lipinski definition) is 3. The molecule has 0 spiro atoms. The lowest BCUT2D eigenvalue weighted by molar-refractivity contribution is -0.118. The summed E-state index contributed by atoms with van der Waals surface area (Å²) in [6.45, 7) is 9.65. The predicted octanol–water partition coefficient (Wildman–Crippen LogP) is 2.43. The highest BCUT2D eigenvalue weighted by atomic mass is 32.2. The van der Waals surface area contributed by atoms with E-state index in [-0.39, 0.29) is 29.4 Å². The summed E-state index contributed by atoms with van der Waals surface area (Å²) in [6.07, 6.45) is 2.24. The molecular formula is C28H38N6O3S. The Kier molecular flexibility index (Phi) is 9.18. The van der Waals surface area contributed by atoms with Crippen LogP contribution in [0.4, 0.5) is 5.69 Å². The number of piperazine rings is 1. The third kappa shape index (κ3) is 6.60. The highest BCUT2D eigenvalue weighted by molar-refractivity contribution is 7.89. The third-order valence-corrected chi connectivity index (χ3v) is 9.58. The van der Waals surface area contributed by atoms with Crippen LogP contribution in [0.2, 0.25) is 0 Å². The molecule has 2 saturated heterocycles. The van der Waals surface area contributed by atoms with E-state index in [1.54, 1.807) is 12.1 Å². The maximum Gasteiger partial charge on any atom is 0.243 e. The van der Waals surface area contributed by atoms with Gasteiger partial charge in [-0.25, -0.2) is 8.42 Å². The van der Waals surface area contributed by atoms with Crippen LogP contribution in [0.1, 0.15) is 43.4 Å². The molecule has 2 aliphatic rings. The van der Waals surface area contributed by atoms with Crippen molar-refractivity contribution in [1.82, 2.24) is 19.8 Å². The SMILES string of the molecule is Cc1c(CNC2CCNCC2)cccc1NC(=O)CN1CC(C)N(S(=O)(=O)c2cccc(C#N)c2)[C@@H](C)C1. The number of benzene rings is 2. The van der Waals surface area contributed by atoms with E-state index in [0.717, 1.165) is 43.7 Å². The summed E-state index contributed by atoms with van der Waals surface area (Å²) in [5.41, 5.74) is 3.34. The number of anilines is 1. The smallest absolute Gasteiger partial charge is 0.243 e. The van der Waals surface area contributed by atoms with Crippen molar-refractivity contribution in [2.75, 3.05) is 38.0 Å². The first-order valence-electron chi connectivity index (χ1n) is 13.3. The second-order valence-electron chi connectivity index (χ2n) is 10.4. The normalized spacial score (nSPS) is 21.6. The van der Waals surface area contributed by atoms with E-state index in [1.165, 1.54) is 22.0 Å². The van der Waals surface area contributed by atoms with Gasteiger partial charge in [-0.1, -0.05) is 18.2 Å². The van der Waals surface area contributed by atoms with Crippen LogP contribution in [0, 0.1) is 18.3 Å². The number of amides is 1. The standard InChI is InChI=1S/C28H38N6O3S/c1-20-17-33(18-21(2)34(20)38(36,37)26-8-4-6-23(14-26)15-29)19-28(35)32-27-9-5-7-24(22(27)3)16-31-25-10-12-30-13-11-25/h4-9,14,20-21,25,30-31H,10-13,16-19H2,1-3H3,(H,32,35)/t20-,21?/m0/s1. The number of rotatable bonds is 8. The van der Waals surface area contributed by atoms with Crippen molar-refractivity contribution >= 4 is 21.6 Å². The minimum Gasteiger partial charge on any atom is -0.325 e. The van der Waals surface area contributed by atoms with Gasteiger partial charge in [-0.2, -0.15) is 9.57 Å². The molecule has 3 N–H and O–H groups in total. The van der Waals surface area contributed by atoms with Gasteiger partial charge in [-0.15, -0.1) is 0 Å². The van der Waals surface area contributed by atoms with Gasteiger partial charge in [0.15, 0.2) is 0 Å². The molecule has 204 valence electrons. The highest BCUT2D eigenvalue weighted by Gasteiger charge is 2.39. The van der Waals surface area contributed by atoms with Gasteiger partial charge in [-0.3, -0.25) is 9.69 Å². The van der Waals surface area contributed by atoms with E-state index < -0.39 is 10.0 Å². The van der Waals surface area contributed by atoms with Crippen molar-refractivity contribution in [3.63, 3.8) is 0 Å². The van der Waals surface area contributed by atoms with E-state index in [4.69, 9.17) is 0 Å². The summed E-state index contributed by atoms with van der Waals surface area (Å²) in [5, 5.41) is 19.3. The molecule has 2 aromatic carbocycles. The zero-order valence-electron chi connectivity index (χ0n) is 22.4. The molecule has 0 aromatic heterocycles. The van der Waals surface area contributed by atoms with Crippen LogP contribution >= 0.6 is 0 Å². The Hall–Kier alpha value is -2.81. The van der Waals surface area contributed by atoms with Gasteiger partial charge < -0.3 is 16.0 Å². The molecule has 4 rings (SSSR count). The van der Waals surface area contributed by atoms with Crippen LogP contribution in [0.5, 0.6) is 0 Å². The van der Waals surface area contributed by atoms with Gasteiger partial charge in [0.05, 0.1) is 23.1 Å². The fourth-order valence-electron chi connectivity index (χ4n) is 5.55. The summed E-state index contributed by atoms with van der Waals surface area (Å²) in [5.74, 6) is -0.117. The van der Waals surface area contributed by atoms with Crippen molar-refractivity contribution in [1.29, 1.82) is 5.26 Å². The molecule has 38 heavy (non-hydrogen) atoms. The van der Waals surface area contributed by atoms with Gasteiger partial charge in [0.25, 0.3) is 0 Å². The zero-order valence-corrected chi connectivity index (χ0v) is 23.2. The number of hydrogen-bond acceptors (Lipinski definition) is 7. The van der Waals surface area contributed by atoms with Crippen LogP contribution in [-0.4, -0.2) is 74.4 Å². The topological polar surface area (TPSA) is 118 Å². The molecule has 2 aliphatic heterocycles. The molecule has 1 unspecified atom stereocenters. The molecule has 0 aliphatic carbocycles. The van der Waals surface area contributed by atoms with Crippen molar-refractivity contribution in [3.8, 4) is 6.07 Å². The number of nitriles is 1. The monoisotopic (exact) mass is 538 g/mol. The molecular weight excluding hydrogens is 500 g/mol. The lowest BCUT2D eigenvalue weighted by Crippen LogP contribution is -2.59. The number of piperidine rings is 1. The molecule has 0 saturated carbocycles. The van der Waals surface area contributed by atoms with Crippen molar-refractivity contribution in [3.05, 3.63) is 59.2 Å². The molecule has 2 fully saturated rings. The van der Waals surface area contributed by atoms with Crippen LogP contribution in [0.3, 0.4) is 0 Å². The lowest BCUT2D eigenvalue weighted by Gasteiger charge is -2.43. The Morgan fingerprint density at radius 1 is 1.11 bits per heavy atom. The summed E-state index contributed by atoms with van der Waals surface area (Å²) >= 11 is 0. The molecule has 10 heteroatoms. The molecule has 9 nitrogen and oxygen atoms in total. The molecule has 2 aromatic rings. The molecule has 2 atom stereocenters. The maximum absolute atomic E-state index is 13.4. The highest BCUT2D eigenvalue weighted by Crippen LogP contribution is 2.26. The van der Waals surface area contributed by atoms with Gasteiger partial charge >= 0.3 is 0 Å². The zero-order chi connectivity index (χ0) is 27.3. The number of carbonyl (C=O) groups is 1.